The molecule has 1 atom stereocenters. The normalized spacial score (nSPS) is 17.6. The fraction of sp³-hybridized carbons (Fsp3) is 0.750. The van der Waals surface area contributed by atoms with Crippen LogP contribution in [0.4, 0.5) is 5.13 Å². The molecule has 1 unspecified atom stereocenters. The summed E-state index contributed by atoms with van der Waals surface area (Å²) in [7, 11) is 0. The molecule has 2 heterocycles. The molecule has 5 nitrogen and oxygen atoms in total. The minimum Gasteiger partial charge on any atom is -0.343 e. The maximum absolute atomic E-state index is 12.2. The van der Waals surface area contributed by atoms with E-state index in [2.05, 4.69) is 14.3 Å². The van der Waals surface area contributed by atoms with Gasteiger partial charge in [0.1, 0.15) is 5.82 Å². The van der Waals surface area contributed by atoms with Gasteiger partial charge in [-0.05, 0) is 13.2 Å². The highest BCUT2D eigenvalue weighted by Gasteiger charge is 2.25. The topological polar surface area (TPSA) is 49.3 Å². The molecule has 1 fully saturated rings. The summed E-state index contributed by atoms with van der Waals surface area (Å²) in [5.41, 5.74) is 0. The third-order valence-electron chi connectivity index (χ3n) is 3.22. The highest BCUT2D eigenvalue weighted by molar-refractivity contribution is 7.98. The van der Waals surface area contributed by atoms with E-state index in [0.717, 1.165) is 42.9 Å². The Bertz CT molecular complexity index is 429. The monoisotopic (exact) mass is 300 g/mol. The lowest BCUT2D eigenvalue weighted by molar-refractivity contribution is -0.134. The van der Waals surface area contributed by atoms with Crippen LogP contribution in [-0.2, 0) is 4.79 Å². The Morgan fingerprint density at radius 3 is 2.63 bits per heavy atom. The van der Waals surface area contributed by atoms with Gasteiger partial charge in [-0.1, -0.05) is 6.92 Å². The molecule has 7 heteroatoms. The van der Waals surface area contributed by atoms with Crippen LogP contribution in [0.25, 0.3) is 0 Å². The van der Waals surface area contributed by atoms with Gasteiger partial charge in [0.2, 0.25) is 11.0 Å². The Labute approximate surface area is 122 Å². The fourth-order valence-electron chi connectivity index (χ4n) is 2.17. The fourth-order valence-corrected chi connectivity index (χ4v) is 3.53. The van der Waals surface area contributed by atoms with Gasteiger partial charge in [0, 0.05) is 49.4 Å². The molecule has 0 saturated carbocycles. The summed E-state index contributed by atoms with van der Waals surface area (Å²) in [6, 6.07) is 0. The number of piperazine rings is 1. The molecule has 0 aliphatic carbocycles. The number of carbonyl (C=O) groups excluding carboxylic acids is 1. The molecule has 0 aromatic carbocycles. The van der Waals surface area contributed by atoms with Crippen molar-refractivity contribution in [3.8, 4) is 0 Å². The molecule has 1 aliphatic rings. The molecule has 1 aromatic heterocycles. The second-order valence-corrected chi connectivity index (χ2v) is 6.43. The first-order valence-electron chi connectivity index (χ1n) is 6.44. The first-order valence-corrected chi connectivity index (χ1v) is 8.61. The van der Waals surface area contributed by atoms with Gasteiger partial charge in [0.05, 0.1) is 0 Å². The maximum atomic E-state index is 12.2. The molecule has 0 bridgehead atoms. The quantitative estimate of drug-likeness (QED) is 0.843. The van der Waals surface area contributed by atoms with Crippen molar-refractivity contribution < 1.29 is 4.79 Å². The van der Waals surface area contributed by atoms with Crippen LogP contribution in [0.1, 0.15) is 12.7 Å². The molecule has 0 N–H and O–H groups in total. The summed E-state index contributed by atoms with van der Waals surface area (Å²) >= 11 is 3.17. The zero-order valence-electron chi connectivity index (χ0n) is 11.6. The summed E-state index contributed by atoms with van der Waals surface area (Å²) in [4.78, 5) is 20.8. The molecule has 0 radical (unpaired) electrons. The van der Waals surface area contributed by atoms with E-state index in [-0.39, 0.29) is 11.8 Å². The molecule has 2 rings (SSSR count). The van der Waals surface area contributed by atoms with Crippen molar-refractivity contribution >= 4 is 34.3 Å². The van der Waals surface area contributed by atoms with E-state index >= 15 is 0 Å². The third kappa shape index (κ3) is 3.60. The number of hydrogen-bond donors (Lipinski definition) is 0. The number of nitrogens with zero attached hydrogens (tertiary/aromatic N) is 4. The van der Waals surface area contributed by atoms with E-state index in [1.54, 1.807) is 11.8 Å². The Morgan fingerprint density at radius 2 is 2.11 bits per heavy atom. The van der Waals surface area contributed by atoms with Gasteiger partial charge < -0.3 is 9.80 Å². The van der Waals surface area contributed by atoms with Gasteiger partial charge in [-0.15, -0.1) is 0 Å². The van der Waals surface area contributed by atoms with Gasteiger partial charge in [-0.2, -0.15) is 16.1 Å². The second-order valence-electron chi connectivity index (χ2n) is 4.79. The number of rotatable bonds is 4. The summed E-state index contributed by atoms with van der Waals surface area (Å²) in [6.45, 7) is 7.20. The van der Waals surface area contributed by atoms with Crippen LogP contribution in [-0.4, -0.2) is 58.4 Å². The largest absolute Gasteiger partial charge is 0.343 e. The number of aryl methyl sites for hydroxylation is 1. The zero-order valence-corrected chi connectivity index (χ0v) is 13.3. The molecule has 1 aliphatic heterocycles. The van der Waals surface area contributed by atoms with Crippen molar-refractivity contribution in [3.05, 3.63) is 5.82 Å². The van der Waals surface area contributed by atoms with Crippen molar-refractivity contribution in [2.45, 2.75) is 13.8 Å². The van der Waals surface area contributed by atoms with Crippen LogP contribution in [0, 0.1) is 12.8 Å². The summed E-state index contributed by atoms with van der Waals surface area (Å²) < 4.78 is 4.20. The van der Waals surface area contributed by atoms with E-state index in [1.165, 1.54) is 11.5 Å². The van der Waals surface area contributed by atoms with Crippen LogP contribution < -0.4 is 4.90 Å². The molecule has 1 amide bonds. The van der Waals surface area contributed by atoms with E-state index in [4.69, 9.17) is 0 Å². The minimum absolute atomic E-state index is 0.116. The average Bonchev–Trinajstić information content (AvgIpc) is 2.85. The lowest BCUT2D eigenvalue weighted by Gasteiger charge is -2.35. The molecule has 0 spiro atoms. The maximum Gasteiger partial charge on any atom is 0.226 e. The van der Waals surface area contributed by atoms with Gasteiger partial charge >= 0.3 is 0 Å². The minimum atomic E-state index is 0.116. The predicted molar refractivity (Wildman–Crippen MR) is 81.0 cm³/mol. The van der Waals surface area contributed by atoms with Crippen LogP contribution in [0.2, 0.25) is 0 Å². The van der Waals surface area contributed by atoms with Crippen LogP contribution >= 0.6 is 23.3 Å². The number of amides is 1. The molecule has 106 valence electrons. The van der Waals surface area contributed by atoms with Crippen LogP contribution in [0.5, 0.6) is 0 Å². The standard InChI is InChI=1S/C12H20N4OS2/c1-9(8-18-3)11(17)15-4-6-16(7-5-15)12-13-10(2)14-19-12/h9H,4-8H2,1-3H3. The van der Waals surface area contributed by atoms with E-state index in [0.29, 0.717) is 0 Å². The van der Waals surface area contributed by atoms with Crippen molar-refractivity contribution in [2.24, 2.45) is 5.92 Å². The van der Waals surface area contributed by atoms with Gasteiger partial charge in [-0.3, -0.25) is 4.79 Å². The van der Waals surface area contributed by atoms with Crippen LogP contribution in [0.15, 0.2) is 0 Å². The molecule has 1 aromatic rings. The Hall–Kier alpha value is -0.820. The van der Waals surface area contributed by atoms with Crippen molar-refractivity contribution in [2.75, 3.05) is 43.1 Å². The van der Waals surface area contributed by atoms with E-state index in [9.17, 15) is 4.79 Å². The number of anilines is 1. The first-order chi connectivity index (χ1) is 9.11. The Balaban J connectivity index is 1.87. The molecular weight excluding hydrogens is 280 g/mol. The van der Waals surface area contributed by atoms with Crippen molar-refractivity contribution in [1.29, 1.82) is 0 Å². The number of carbonyl (C=O) groups is 1. The lowest BCUT2D eigenvalue weighted by Crippen LogP contribution is -2.50. The van der Waals surface area contributed by atoms with Crippen LogP contribution in [0.3, 0.4) is 0 Å². The number of aromatic nitrogens is 2. The number of thioether (sulfide) groups is 1. The lowest BCUT2D eigenvalue weighted by atomic mass is 10.1. The highest BCUT2D eigenvalue weighted by atomic mass is 32.2. The summed E-state index contributed by atoms with van der Waals surface area (Å²) in [6.07, 6.45) is 2.04. The van der Waals surface area contributed by atoms with Gasteiger partial charge in [-0.25, -0.2) is 4.98 Å². The molecule has 1 saturated heterocycles. The number of hydrogen-bond acceptors (Lipinski definition) is 6. The van der Waals surface area contributed by atoms with Crippen molar-refractivity contribution in [3.63, 3.8) is 0 Å². The summed E-state index contributed by atoms with van der Waals surface area (Å²) in [5.74, 6) is 2.12. The first kappa shape index (κ1) is 14.6. The highest BCUT2D eigenvalue weighted by Crippen LogP contribution is 2.19. The van der Waals surface area contributed by atoms with E-state index in [1.807, 2.05) is 25.0 Å². The van der Waals surface area contributed by atoms with Gasteiger partial charge in [0.25, 0.3) is 0 Å². The zero-order chi connectivity index (χ0) is 13.8. The van der Waals surface area contributed by atoms with Crippen molar-refractivity contribution in [1.82, 2.24) is 14.3 Å². The Kier molecular flexibility index (Phi) is 5.04. The predicted octanol–water partition coefficient (Wildman–Crippen LogP) is 1.49. The molecular formula is C12H20N4OS2. The average molecular weight is 300 g/mol. The smallest absolute Gasteiger partial charge is 0.226 e. The summed E-state index contributed by atoms with van der Waals surface area (Å²) in [5, 5.41) is 0.974. The van der Waals surface area contributed by atoms with E-state index < -0.39 is 0 Å². The SMILES string of the molecule is CSCC(C)C(=O)N1CCN(c2nc(C)ns2)CC1. The third-order valence-corrected chi connectivity index (χ3v) is 4.92. The second kappa shape index (κ2) is 6.56. The molecule has 19 heavy (non-hydrogen) atoms. The van der Waals surface area contributed by atoms with Gasteiger partial charge in [0.15, 0.2) is 0 Å². The Morgan fingerprint density at radius 1 is 1.42 bits per heavy atom.